The third kappa shape index (κ3) is 3.31. The summed E-state index contributed by atoms with van der Waals surface area (Å²) in [6, 6.07) is 5.93. The SMILES string of the molecule is CC1CN(Cc2cnc(-c3ccccn3)s2)C(C)(C)CO1. The average Bonchev–Trinajstić information content (AvgIpc) is 2.93. The first-order valence-corrected chi connectivity index (χ1v) is 8.09. The van der Waals surface area contributed by atoms with Crippen LogP contribution < -0.4 is 0 Å². The normalized spacial score (nSPS) is 22.3. The van der Waals surface area contributed by atoms with Gasteiger partial charge in [-0.25, -0.2) is 4.98 Å². The molecule has 4 nitrogen and oxygen atoms in total. The summed E-state index contributed by atoms with van der Waals surface area (Å²) in [6.45, 7) is 9.27. The molecule has 1 fully saturated rings. The smallest absolute Gasteiger partial charge is 0.142 e. The van der Waals surface area contributed by atoms with Gasteiger partial charge in [0.1, 0.15) is 5.01 Å². The number of pyridine rings is 1. The maximum atomic E-state index is 5.77. The molecule has 0 bridgehead atoms. The van der Waals surface area contributed by atoms with Crippen LogP contribution in [-0.2, 0) is 11.3 Å². The van der Waals surface area contributed by atoms with Crippen molar-refractivity contribution in [2.45, 2.75) is 39.0 Å². The molecule has 1 aliphatic heterocycles. The zero-order valence-electron chi connectivity index (χ0n) is 12.7. The number of rotatable bonds is 3. The first kappa shape index (κ1) is 14.6. The highest BCUT2D eigenvalue weighted by Crippen LogP contribution is 2.28. The van der Waals surface area contributed by atoms with Crippen molar-refractivity contribution in [3.05, 3.63) is 35.5 Å². The zero-order chi connectivity index (χ0) is 14.9. The number of thiazole rings is 1. The molecular formula is C16H21N3OS. The fraction of sp³-hybridized carbons (Fsp3) is 0.500. The molecule has 1 unspecified atom stereocenters. The summed E-state index contributed by atoms with van der Waals surface area (Å²) in [7, 11) is 0. The van der Waals surface area contributed by atoms with Crippen molar-refractivity contribution >= 4 is 11.3 Å². The van der Waals surface area contributed by atoms with E-state index < -0.39 is 0 Å². The Kier molecular flexibility index (Phi) is 4.06. The lowest BCUT2D eigenvalue weighted by Crippen LogP contribution is -2.54. The van der Waals surface area contributed by atoms with Crippen LogP contribution in [0.5, 0.6) is 0 Å². The Labute approximate surface area is 129 Å². The predicted octanol–water partition coefficient (Wildman–Crippen LogP) is 3.20. The van der Waals surface area contributed by atoms with Crippen LogP contribution in [-0.4, -0.2) is 39.7 Å². The van der Waals surface area contributed by atoms with E-state index in [1.54, 1.807) is 11.3 Å². The van der Waals surface area contributed by atoms with Crippen molar-refractivity contribution in [1.82, 2.24) is 14.9 Å². The number of morpholine rings is 1. The molecule has 2 aromatic heterocycles. The van der Waals surface area contributed by atoms with E-state index in [-0.39, 0.29) is 5.54 Å². The molecule has 0 saturated carbocycles. The van der Waals surface area contributed by atoms with E-state index in [9.17, 15) is 0 Å². The second-order valence-electron chi connectivity index (χ2n) is 6.16. The van der Waals surface area contributed by atoms with Crippen molar-refractivity contribution in [2.75, 3.05) is 13.2 Å². The molecule has 0 spiro atoms. The first-order chi connectivity index (χ1) is 10.0. The van der Waals surface area contributed by atoms with E-state index >= 15 is 0 Å². The van der Waals surface area contributed by atoms with Gasteiger partial charge in [-0.3, -0.25) is 9.88 Å². The third-order valence-electron chi connectivity index (χ3n) is 3.84. The average molecular weight is 303 g/mol. The molecule has 21 heavy (non-hydrogen) atoms. The summed E-state index contributed by atoms with van der Waals surface area (Å²) < 4.78 is 5.77. The van der Waals surface area contributed by atoms with Gasteiger partial charge >= 0.3 is 0 Å². The lowest BCUT2D eigenvalue weighted by Gasteiger charge is -2.44. The van der Waals surface area contributed by atoms with Crippen LogP contribution in [0, 0.1) is 0 Å². The Hall–Kier alpha value is -1.30. The molecular weight excluding hydrogens is 282 g/mol. The molecule has 2 aromatic rings. The minimum absolute atomic E-state index is 0.0711. The summed E-state index contributed by atoms with van der Waals surface area (Å²) in [5, 5.41) is 0.990. The summed E-state index contributed by atoms with van der Waals surface area (Å²) in [5.74, 6) is 0. The fourth-order valence-corrected chi connectivity index (χ4v) is 3.41. The number of hydrogen-bond donors (Lipinski definition) is 0. The van der Waals surface area contributed by atoms with E-state index in [4.69, 9.17) is 4.74 Å². The van der Waals surface area contributed by atoms with E-state index in [0.717, 1.165) is 30.4 Å². The molecule has 0 N–H and O–H groups in total. The van der Waals surface area contributed by atoms with E-state index in [0.29, 0.717) is 6.10 Å². The van der Waals surface area contributed by atoms with Gasteiger partial charge < -0.3 is 4.74 Å². The quantitative estimate of drug-likeness (QED) is 0.873. The second-order valence-corrected chi connectivity index (χ2v) is 7.28. The maximum absolute atomic E-state index is 5.77. The number of ether oxygens (including phenoxy) is 1. The highest BCUT2D eigenvalue weighted by atomic mass is 32.1. The fourth-order valence-electron chi connectivity index (χ4n) is 2.50. The van der Waals surface area contributed by atoms with Crippen LogP contribution in [0.4, 0.5) is 0 Å². The van der Waals surface area contributed by atoms with Crippen molar-refractivity contribution in [1.29, 1.82) is 0 Å². The van der Waals surface area contributed by atoms with Crippen LogP contribution in [0.2, 0.25) is 0 Å². The largest absolute Gasteiger partial charge is 0.375 e. The molecule has 3 heterocycles. The van der Waals surface area contributed by atoms with Gasteiger partial charge in [0, 0.05) is 35.9 Å². The molecule has 1 aliphatic rings. The molecule has 0 aliphatic carbocycles. The number of aromatic nitrogens is 2. The van der Waals surface area contributed by atoms with E-state index in [2.05, 4.69) is 35.6 Å². The highest BCUT2D eigenvalue weighted by molar-refractivity contribution is 7.14. The van der Waals surface area contributed by atoms with Crippen molar-refractivity contribution in [3.8, 4) is 10.7 Å². The van der Waals surface area contributed by atoms with Gasteiger partial charge in [-0.2, -0.15) is 0 Å². The van der Waals surface area contributed by atoms with Crippen molar-refractivity contribution in [3.63, 3.8) is 0 Å². The van der Waals surface area contributed by atoms with Crippen LogP contribution in [0.1, 0.15) is 25.6 Å². The Morgan fingerprint density at radius 2 is 2.24 bits per heavy atom. The van der Waals surface area contributed by atoms with Gasteiger partial charge in [0.2, 0.25) is 0 Å². The molecule has 1 atom stereocenters. The summed E-state index contributed by atoms with van der Waals surface area (Å²) in [6.07, 6.45) is 4.08. The van der Waals surface area contributed by atoms with Crippen molar-refractivity contribution < 1.29 is 4.74 Å². The second kappa shape index (κ2) is 5.83. The van der Waals surface area contributed by atoms with Gasteiger partial charge in [-0.05, 0) is 32.9 Å². The van der Waals surface area contributed by atoms with Crippen LogP contribution in [0.25, 0.3) is 10.7 Å². The summed E-state index contributed by atoms with van der Waals surface area (Å²) in [4.78, 5) is 12.6. The first-order valence-electron chi connectivity index (χ1n) is 7.27. The Bertz CT molecular complexity index is 597. The topological polar surface area (TPSA) is 38.2 Å². The maximum Gasteiger partial charge on any atom is 0.142 e. The minimum Gasteiger partial charge on any atom is -0.375 e. The summed E-state index contributed by atoms with van der Waals surface area (Å²) in [5.41, 5.74) is 1.02. The minimum atomic E-state index is 0.0711. The highest BCUT2D eigenvalue weighted by Gasteiger charge is 2.33. The Balaban J connectivity index is 1.75. The van der Waals surface area contributed by atoms with E-state index in [1.165, 1.54) is 4.88 Å². The van der Waals surface area contributed by atoms with E-state index in [1.807, 2.05) is 30.6 Å². The molecule has 1 saturated heterocycles. The van der Waals surface area contributed by atoms with Gasteiger partial charge in [0.05, 0.1) is 18.4 Å². The van der Waals surface area contributed by atoms with Gasteiger partial charge in [0.25, 0.3) is 0 Å². The standard InChI is InChI=1S/C16H21N3OS/c1-12-9-19(16(2,3)11-20-12)10-13-8-18-15(21-13)14-6-4-5-7-17-14/h4-8,12H,9-11H2,1-3H3. The molecule has 5 heteroatoms. The zero-order valence-corrected chi connectivity index (χ0v) is 13.6. The molecule has 0 amide bonds. The van der Waals surface area contributed by atoms with Gasteiger partial charge in [-0.1, -0.05) is 6.07 Å². The van der Waals surface area contributed by atoms with Crippen LogP contribution in [0.3, 0.4) is 0 Å². The number of hydrogen-bond acceptors (Lipinski definition) is 5. The number of nitrogens with zero attached hydrogens (tertiary/aromatic N) is 3. The monoisotopic (exact) mass is 303 g/mol. The third-order valence-corrected chi connectivity index (χ3v) is 4.84. The molecule has 0 aromatic carbocycles. The molecule has 112 valence electrons. The predicted molar refractivity (Wildman–Crippen MR) is 85.2 cm³/mol. The Morgan fingerprint density at radius 3 is 3.00 bits per heavy atom. The Morgan fingerprint density at radius 1 is 1.38 bits per heavy atom. The lowest BCUT2D eigenvalue weighted by atomic mass is 10.0. The van der Waals surface area contributed by atoms with Crippen molar-refractivity contribution in [2.24, 2.45) is 0 Å². The molecule has 3 rings (SSSR count). The van der Waals surface area contributed by atoms with Gasteiger partial charge in [-0.15, -0.1) is 11.3 Å². The summed E-state index contributed by atoms with van der Waals surface area (Å²) >= 11 is 1.73. The van der Waals surface area contributed by atoms with Crippen LogP contribution >= 0.6 is 11.3 Å². The lowest BCUT2D eigenvalue weighted by molar-refractivity contribution is -0.0946. The van der Waals surface area contributed by atoms with Crippen LogP contribution in [0.15, 0.2) is 30.6 Å². The van der Waals surface area contributed by atoms with Gasteiger partial charge in [0.15, 0.2) is 0 Å². The molecule has 0 radical (unpaired) electrons.